The van der Waals surface area contributed by atoms with Gasteiger partial charge in [0.05, 0.1) is 33.4 Å². The highest BCUT2D eigenvalue weighted by Gasteiger charge is 2.28. The summed E-state index contributed by atoms with van der Waals surface area (Å²) in [5.41, 5.74) is 17.3. The van der Waals surface area contributed by atoms with Gasteiger partial charge in [0.1, 0.15) is 24.0 Å². The van der Waals surface area contributed by atoms with Gasteiger partial charge in [0.2, 0.25) is 0 Å². The second-order valence-corrected chi connectivity index (χ2v) is 17.8. The van der Waals surface area contributed by atoms with Crippen molar-refractivity contribution in [2.24, 2.45) is 0 Å². The van der Waals surface area contributed by atoms with Crippen LogP contribution in [0.3, 0.4) is 0 Å². The first kappa shape index (κ1) is 39.5. The molecule has 0 aliphatic carbocycles. The minimum Gasteiger partial charge on any atom is -0.457 e. The van der Waals surface area contributed by atoms with E-state index >= 15 is 0 Å². The summed E-state index contributed by atoms with van der Waals surface area (Å²) in [5.74, 6) is 2.36. The Morgan fingerprint density at radius 3 is 1.81 bits per heavy atom. The third-order valence-corrected chi connectivity index (χ3v) is 13.5. The van der Waals surface area contributed by atoms with Crippen LogP contribution in [0.2, 0.25) is 0 Å². The van der Waals surface area contributed by atoms with Crippen LogP contribution in [0.4, 0.5) is 22.7 Å². The van der Waals surface area contributed by atoms with Crippen LogP contribution in [0.1, 0.15) is 11.1 Å². The number of nitrogens with zero attached hydrogens (tertiary/aromatic N) is 5. The molecule has 4 heterocycles. The maximum atomic E-state index is 6.76. The lowest BCUT2D eigenvalue weighted by atomic mass is 9.97. The molecule has 9 aromatic carbocycles. The normalized spacial score (nSPS) is 12.4. The molecule has 0 spiro atoms. The SMILES string of the molecule is Cc1cc(C)cc(N2CN(c3cccc(Oc4ccc5c6ccccc6n(-c6cc(-c7cccc(-c8cccc9c%10ccccc%10n(-c%10ccccc%10)c89)c7)ccn6)c5c4)c3)c3ccccc32)c1. The number of rotatable bonds is 8. The summed E-state index contributed by atoms with van der Waals surface area (Å²) in [6.07, 6.45) is 1.93. The van der Waals surface area contributed by atoms with Gasteiger partial charge in [-0.3, -0.25) is 4.57 Å². The first-order valence-electron chi connectivity index (χ1n) is 23.2. The minimum atomic E-state index is 0.698. The van der Waals surface area contributed by atoms with Crippen molar-refractivity contribution in [1.82, 2.24) is 14.1 Å². The van der Waals surface area contributed by atoms with E-state index in [1.54, 1.807) is 0 Å². The first-order valence-corrected chi connectivity index (χ1v) is 23.2. The van der Waals surface area contributed by atoms with Crippen molar-refractivity contribution in [2.75, 3.05) is 16.5 Å². The average Bonchev–Trinajstić information content (AvgIpc) is 4.05. The largest absolute Gasteiger partial charge is 0.457 e. The molecule has 0 radical (unpaired) electrons. The Morgan fingerprint density at radius 2 is 1.00 bits per heavy atom. The molecule has 12 aromatic rings. The lowest BCUT2D eigenvalue weighted by Gasteiger charge is -2.23. The standard InChI is InChI=1S/C62H45N5O/c1-41-33-42(2)35-48(34-41)65-40-64(58-27-10-11-28-59(58)65)47-19-13-20-49(38-47)68-50-29-30-54-52-21-6-9-26-57(52)67(60(54)39-50)61-37-44(31-32-63-61)43-15-12-16-45(36-43)51-23-14-24-55-53-22-7-8-25-56(53)66(62(51)55)46-17-4-3-5-18-46/h3-39H,40H2,1-2H3. The maximum absolute atomic E-state index is 6.76. The Hall–Kier alpha value is -8.87. The molecule has 0 amide bonds. The number of aryl methyl sites for hydroxylation is 2. The van der Waals surface area contributed by atoms with Gasteiger partial charge in [0, 0.05) is 62.5 Å². The van der Waals surface area contributed by atoms with Crippen molar-refractivity contribution in [3.8, 4) is 45.3 Å². The van der Waals surface area contributed by atoms with Crippen LogP contribution in [0.5, 0.6) is 11.5 Å². The topological polar surface area (TPSA) is 38.5 Å². The van der Waals surface area contributed by atoms with E-state index in [0.29, 0.717) is 6.67 Å². The predicted molar refractivity (Wildman–Crippen MR) is 282 cm³/mol. The molecule has 1 aliphatic rings. The summed E-state index contributed by atoms with van der Waals surface area (Å²) in [5, 5.41) is 4.77. The zero-order valence-corrected chi connectivity index (χ0v) is 37.7. The van der Waals surface area contributed by atoms with Crippen molar-refractivity contribution in [1.29, 1.82) is 0 Å². The fourth-order valence-electron chi connectivity index (χ4n) is 10.6. The van der Waals surface area contributed by atoms with Crippen LogP contribution in [0, 0.1) is 13.8 Å². The lowest BCUT2D eigenvalue weighted by molar-refractivity contribution is 0.483. The predicted octanol–water partition coefficient (Wildman–Crippen LogP) is 16.3. The number of aromatic nitrogens is 3. The van der Waals surface area contributed by atoms with E-state index in [2.05, 4.69) is 245 Å². The third kappa shape index (κ3) is 6.60. The number of para-hydroxylation sites is 6. The number of fused-ring (bicyclic) bond motifs is 7. The van der Waals surface area contributed by atoms with Crippen LogP contribution in [0.15, 0.2) is 225 Å². The fraction of sp³-hybridized carbons (Fsp3) is 0.0484. The zero-order valence-electron chi connectivity index (χ0n) is 37.7. The first-order chi connectivity index (χ1) is 33.5. The van der Waals surface area contributed by atoms with E-state index in [1.807, 2.05) is 12.3 Å². The van der Waals surface area contributed by atoms with Crippen molar-refractivity contribution in [2.45, 2.75) is 13.8 Å². The molecule has 1 aliphatic heterocycles. The number of hydrogen-bond donors (Lipinski definition) is 0. The fourth-order valence-corrected chi connectivity index (χ4v) is 10.6. The van der Waals surface area contributed by atoms with E-state index in [1.165, 1.54) is 55.6 Å². The summed E-state index contributed by atoms with van der Waals surface area (Å²) in [6.45, 7) is 5.02. The summed E-state index contributed by atoms with van der Waals surface area (Å²) in [6, 6.07) is 78.0. The van der Waals surface area contributed by atoms with Crippen LogP contribution in [-0.2, 0) is 0 Å². The van der Waals surface area contributed by atoms with Crippen molar-refractivity contribution < 1.29 is 4.74 Å². The second-order valence-electron chi connectivity index (χ2n) is 17.8. The number of ether oxygens (including phenoxy) is 1. The van der Waals surface area contributed by atoms with Crippen LogP contribution in [0.25, 0.3) is 77.4 Å². The van der Waals surface area contributed by atoms with Crippen molar-refractivity contribution in [3.05, 3.63) is 236 Å². The molecule has 0 unspecified atom stereocenters. The molecule has 0 fully saturated rings. The summed E-state index contributed by atoms with van der Waals surface area (Å²) in [4.78, 5) is 9.79. The molecule has 0 saturated carbocycles. The maximum Gasteiger partial charge on any atom is 0.138 e. The number of pyridine rings is 1. The smallest absolute Gasteiger partial charge is 0.138 e. The quantitative estimate of drug-likeness (QED) is 0.152. The number of benzene rings is 9. The van der Waals surface area contributed by atoms with Gasteiger partial charge in [-0.05, 0) is 133 Å². The van der Waals surface area contributed by atoms with Crippen molar-refractivity contribution in [3.63, 3.8) is 0 Å². The monoisotopic (exact) mass is 875 g/mol. The van der Waals surface area contributed by atoms with Crippen molar-refractivity contribution >= 4 is 66.4 Å². The number of anilines is 4. The highest BCUT2D eigenvalue weighted by Crippen LogP contribution is 2.46. The Kier molecular flexibility index (Phi) is 9.25. The molecule has 6 nitrogen and oxygen atoms in total. The number of hydrogen-bond acceptors (Lipinski definition) is 4. The second kappa shape index (κ2) is 15.9. The van der Waals surface area contributed by atoms with E-state index in [4.69, 9.17) is 9.72 Å². The van der Waals surface area contributed by atoms with Gasteiger partial charge in [0.15, 0.2) is 0 Å². The van der Waals surface area contributed by atoms with Gasteiger partial charge in [0.25, 0.3) is 0 Å². The molecular formula is C62H45N5O. The molecule has 0 bridgehead atoms. The molecular weight excluding hydrogens is 831 g/mol. The highest BCUT2D eigenvalue weighted by molar-refractivity contribution is 6.14. The molecule has 13 rings (SSSR count). The zero-order chi connectivity index (χ0) is 45.3. The molecule has 324 valence electrons. The summed E-state index contributed by atoms with van der Waals surface area (Å²) in [7, 11) is 0. The van der Waals surface area contributed by atoms with Crippen LogP contribution in [-0.4, -0.2) is 20.8 Å². The molecule has 68 heavy (non-hydrogen) atoms. The van der Waals surface area contributed by atoms with E-state index in [0.717, 1.165) is 67.2 Å². The van der Waals surface area contributed by atoms with E-state index < -0.39 is 0 Å². The van der Waals surface area contributed by atoms with E-state index in [9.17, 15) is 0 Å². The van der Waals surface area contributed by atoms with Gasteiger partial charge in [-0.15, -0.1) is 0 Å². The Balaban J connectivity index is 0.859. The van der Waals surface area contributed by atoms with Gasteiger partial charge in [-0.2, -0.15) is 0 Å². The van der Waals surface area contributed by atoms with Crippen LogP contribution < -0.4 is 14.5 Å². The van der Waals surface area contributed by atoms with E-state index in [-0.39, 0.29) is 0 Å². The molecule has 0 atom stereocenters. The van der Waals surface area contributed by atoms with Gasteiger partial charge >= 0.3 is 0 Å². The van der Waals surface area contributed by atoms with Gasteiger partial charge in [-0.1, -0.05) is 115 Å². The molecule has 3 aromatic heterocycles. The van der Waals surface area contributed by atoms with Gasteiger partial charge < -0.3 is 19.1 Å². The third-order valence-electron chi connectivity index (χ3n) is 13.5. The van der Waals surface area contributed by atoms with Gasteiger partial charge in [-0.25, -0.2) is 4.98 Å². The molecule has 0 saturated heterocycles. The Labute approximate surface area is 394 Å². The Bertz CT molecular complexity index is 3900. The molecule has 6 heteroatoms. The summed E-state index contributed by atoms with van der Waals surface area (Å²) >= 11 is 0. The van der Waals surface area contributed by atoms with Crippen LogP contribution >= 0.6 is 0 Å². The molecule has 0 N–H and O–H groups in total. The lowest BCUT2D eigenvalue weighted by Crippen LogP contribution is -2.24. The Morgan fingerprint density at radius 1 is 0.397 bits per heavy atom. The summed E-state index contributed by atoms with van der Waals surface area (Å²) < 4.78 is 11.4. The highest BCUT2D eigenvalue weighted by atomic mass is 16.5. The minimum absolute atomic E-state index is 0.698. The average molecular weight is 876 g/mol.